The van der Waals surface area contributed by atoms with Crippen LogP contribution in [0.5, 0.6) is 5.75 Å². The molecule has 0 saturated carbocycles. The average Bonchev–Trinajstić information content (AvgIpc) is 3.16. The van der Waals surface area contributed by atoms with Gasteiger partial charge in [0.05, 0.1) is 20.8 Å². The minimum Gasteiger partial charge on any atom is -0.506 e. The topological polar surface area (TPSA) is 64.9 Å². The average molecular weight is 499 g/mol. The van der Waals surface area contributed by atoms with Crippen molar-refractivity contribution in [2.75, 3.05) is 18.0 Å². The highest BCUT2D eigenvalue weighted by Crippen LogP contribution is 2.33. The first-order valence-corrected chi connectivity index (χ1v) is 10.0. The molecule has 3 rings (SSSR count). The van der Waals surface area contributed by atoms with Crippen LogP contribution in [0.25, 0.3) is 0 Å². The maximum absolute atomic E-state index is 14.4. The van der Waals surface area contributed by atoms with Crippen molar-refractivity contribution in [3.05, 3.63) is 55.7 Å². The lowest BCUT2D eigenvalue weighted by Crippen LogP contribution is -2.19. The summed E-state index contributed by atoms with van der Waals surface area (Å²) in [7, 11) is 0. The molecule has 1 amide bonds. The summed E-state index contributed by atoms with van der Waals surface area (Å²) in [4.78, 5) is 14.2. The number of hydrogen-bond donors (Lipinski definition) is 2. The number of hydrazone groups is 1. The summed E-state index contributed by atoms with van der Waals surface area (Å²) in [6.45, 7) is 3.63. The van der Waals surface area contributed by atoms with E-state index < -0.39 is 5.91 Å². The second-order valence-electron chi connectivity index (χ2n) is 6.34. The van der Waals surface area contributed by atoms with E-state index in [9.17, 15) is 14.3 Å². The number of carbonyl (C=O) groups is 1. The molecule has 0 radical (unpaired) electrons. The summed E-state index contributed by atoms with van der Waals surface area (Å²) in [5, 5.41) is 13.6. The molecule has 0 atom stereocenters. The lowest BCUT2D eigenvalue weighted by Gasteiger charge is -2.19. The molecule has 0 bridgehead atoms. The highest BCUT2D eigenvalue weighted by Gasteiger charge is 2.17. The largest absolute Gasteiger partial charge is 0.506 e. The third-order valence-corrected chi connectivity index (χ3v) is 5.64. The first-order valence-electron chi connectivity index (χ1n) is 8.43. The van der Waals surface area contributed by atoms with E-state index in [1.807, 2.05) is 17.9 Å². The van der Waals surface area contributed by atoms with Gasteiger partial charge in [0, 0.05) is 24.2 Å². The lowest BCUT2D eigenvalue weighted by molar-refractivity contribution is 0.0955. The lowest BCUT2D eigenvalue weighted by atomic mass is 10.1. The highest BCUT2D eigenvalue weighted by molar-refractivity contribution is 9.11. The molecule has 142 valence electrons. The normalized spacial score (nSPS) is 14.1. The van der Waals surface area contributed by atoms with E-state index in [-0.39, 0.29) is 11.6 Å². The number of benzene rings is 2. The number of halogens is 3. The van der Waals surface area contributed by atoms with Gasteiger partial charge < -0.3 is 10.0 Å². The minimum absolute atomic E-state index is 0.0132. The zero-order valence-electron chi connectivity index (χ0n) is 14.6. The van der Waals surface area contributed by atoms with Crippen LogP contribution in [0.1, 0.15) is 34.3 Å². The third kappa shape index (κ3) is 4.50. The molecule has 1 heterocycles. The number of hydrogen-bond acceptors (Lipinski definition) is 4. The van der Waals surface area contributed by atoms with E-state index in [0.29, 0.717) is 25.8 Å². The van der Waals surface area contributed by atoms with E-state index in [0.717, 1.165) is 31.5 Å². The number of phenols is 1. The number of aromatic hydroxyl groups is 1. The fourth-order valence-electron chi connectivity index (χ4n) is 2.94. The van der Waals surface area contributed by atoms with E-state index in [4.69, 9.17) is 0 Å². The molecule has 0 aliphatic carbocycles. The summed E-state index contributed by atoms with van der Waals surface area (Å²) in [6, 6.07) is 6.23. The third-order valence-electron chi connectivity index (χ3n) is 4.43. The van der Waals surface area contributed by atoms with Gasteiger partial charge in [-0.25, -0.2) is 9.82 Å². The monoisotopic (exact) mass is 497 g/mol. The van der Waals surface area contributed by atoms with E-state index >= 15 is 0 Å². The number of phenolic OH excluding ortho intramolecular Hbond substituents is 1. The van der Waals surface area contributed by atoms with E-state index in [1.165, 1.54) is 24.4 Å². The Labute approximate surface area is 173 Å². The summed E-state index contributed by atoms with van der Waals surface area (Å²) < 4.78 is 15.2. The van der Waals surface area contributed by atoms with Crippen LogP contribution in [0.4, 0.5) is 10.1 Å². The molecular weight excluding hydrogens is 481 g/mol. The molecule has 2 aromatic carbocycles. The molecule has 0 unspecified atom stereocenters. The molecule has 1 fully saturated rings. The quantitative estimate of drug-likeness (QED) is 0.473. The van der Waals surface area contributed by atoms with Gasteiger partial charge in [0.1, 0.15) is 11.6 Å². The summed E-state index contributed by atoms with van der Waals surface area (Å²) in [5.74, 6) is -0.722. The number of rotatable bonds is 4. The molecule has 2 aromatic rings. The van der Waals surface area contributed by atoms with Crippen LogP contribution >= 0.6 is 31.9 Å². The summed E-state index contributed by atoms with van der Waals surface area (Å²) in [5.41, 5.74) is 4.83. The van der Waals surface area contributed by atoms with Gasteiger partial charge in [-0.15, -0.1) is 0 Å². The molecule has 0 aromatic heterocycles. The maximum Gasteiger partial charge on any atom is 0.271 e. The van der Waals surface area contributed by atoms with Crippen molar-refractivity contribution >= 4 is 49.7 Å². The number of carbonyl (C=O) groups excluding carboxylic acids is 1. The molecule has 1 aliphatic rings. The van der Waals surface area contributed by atoms with Gasteiger partial charge >= 0.3 is 0 Å². The number of anilines is 1. The molecule has 27 heavy (non-hydrogen) atoms. The van der Waals surface area contributed by atoms with Gasteiger partial charge in [0.2, 0.25) is 0 Å². The van der Waals surface area contributed by atoms with Gasteiger partial charge in [0.25, 0.3) is 5.91 Å². The Kier molecular flexibility index (Phi) is 6.16. The number of amides is 1. The van der Waals surface area contributed by atoms with Crippen molar-refractivity contribution in [3.63, 3.8) is 0 Å². The van der Waals surface area contributed by atoms with Gasteiger partial charge in [-0.3, -0.25) is 4.79 Å². The number of nitrogens with one attached hydrogen (secondary N) is 1. The van der Waals surface area contributed by atoms with Gasteiger partial charge in [0.15, 0.2) is 0 Å². The maximum atomic E-state index is 14.4. The van der Waals surface area contributed by atoms with Crippen molar-refractivity contribution in [2.45, 2.75) is 19.8 Å². The van der Waals surface area contributed by atoms with Crippen LogP contribution in [0.3, 0.4) is 0 Å². The Bertz CT molecular complexity index is 889. The standard InChI is InChI=1S/C19H18Br2FN3O2/c1-11-6-17(25-4-2-3-5-25)16(22)9-13(11)10-23-24-19(27)12-7-14(20)18(26)15(21)8-12/h6-10,26H,2-5H2,1H3,(H,24,27)/b23-10-. The van der Waals surface area contributed by atoms with Crippen molar-refractivity contribution in [3.8, 4) is 5.75 Å². The minimum atomic E-state index is -0.445. The molecule has 0 spiro atoms. The second kappa shape index (κ2) is 8.39. The SMILES string of the molecule is Cc1cc(N2CCCC2)c(F)cc1/C=N\NC(=O)c1cc(Br)c(O)c(Br)c1. The first kappa shape index (κ1) is 19.8. The van der Waals surface area contributed by atoms with E-state index in [2.05, 4.69) is 42.4 Å². The van der Waals surface area contributed by atoms with Crippen molar-refractivity contribution in [2.24, 2.45) is 5.10 Å². The zero-order valence-corrected chi connectivity index (χ0v) is 17.8. The van der Waals surface area contributed by atoms with Crippen LogP contribution in [0, 0.1) is 12.7 Å². The van der Waals surface area contributed by atoms with Crippen LogP contribution in [0.15, 0.2) is 38.3 Å². The van der Waals surface area contributed by atoms with Gasteiger partial charge in [-0.1, -0.05) is 0 Å². The summed E-state index contributed by atoms with van der Waals surface area (Å²) in [6.07, 6.45) is 3.59. The van der Waals surface area contributed by atoms with Gasteiger partial charge in [-0.2, -0.15) is 5.10 Å². The van der Waals surface area contributed by atoms with Gasteiger partial charge in [-0.05, 0) is 81.5 Å². The Balaban J connectivity index is 1.72. The van der Waals surface area contributed by atoms with Crippen molar-refractivity contribution < 1.29 is 14.3 Å². The van der Waals surface area contributed by atoms with E-state index in [1.54, 1.807) is 0 Å². The fourth-order valence-corrected chi connectivity index (χ4v) is 4.13. The Hall–Kier alpha value is -1.93. The van der Waals surface area contributed by atoms with Crippen LogP contribution in [-0.2, 0) is 0 Å². The highest BCUT2D eigenvalue weighted by atomic mass is 79.9. The second-order valence-corrected chi connectivity index (χ2v) is 8.05. The molecule has 1 aliphatic heterocycles. The molecule has 5 nitrogen and oxygen atoms in total. The number of aryl methyl sites for hydroxylation is 1. The Morgan fingerprint density at radius 3 is 2.48 bits per heavy atom. The molecule has 2 N–H and O–H groups in total. The Morgan fingerprint density at radius 2 is 1.85 bits per heavy atom. The first-order chi connectivity index (χ1) is 12.9. The molecule has 1 saturated heterocycles. The van der Waals surface area contributed by atoms with Crippen molar-refractivity contribution in [1.29, 1.82) is 0 Å². The smallest absolute Gasteiger partial charge is 0.271 e. The fraction of sp³-hybridized carbons (Fsp3) is 0.263. The number of nitrogens with zero attached hydrogens (tertiary/aromatic N) is 2. The molecular formula is C19H18Br2FN3O2. The Morgan fingerprint density at radius 1 is 1.22 bits per heavy atom. The van der Waals surface area contributed by atoms with Crippen LogP contribution in [-0.4, -0.2) is 30.3 Å². The predicted octanol–water partition coefficient (Wildman–Crippen LogP) is 4.73. The van der Waals surface area contributed by atoms with Crippen LogP contribution in [0.2, 0.25) is 0 Å². The molecule has 8 heteroatoms. The van der Waals surface area contributed by atoms with Crippen molar-refractivity contribution in [1.82, 2.24) is 5.43 Å². The summed E-state index contributed by atoms with van der Waals surface area (Å²) >= 11 is 6.36. The zero-order chi connectivity index (χ0) is 19.6. The van der Waals surface area contributed by atoms with Crippen LogP contribution < -0.4 is 10.3 Å². The predicted molar refractivity (Wildman–Crippen MR) is 111 cm³/mol.